The van der Waals surface area contributed by atoms with Crippen LogP contribution in [0.1, 0.15) is 59.3 Å². The summed E-state index contributed by atoms with van der Waals surface area (Å²) in [4.78, 5) is 12.4. The monoisotopic (exact) mass is 446 g/mol. The number of carbonyl (C=O) groups excluding carboxylic acids is 1. The number of aryl methyl sites for hydroxylation is 1. The van der Waals surface area contributed by atoms with E-state index >= 15 is 0 Å². The molecule has 2 N–H and O–H groups in total. The van der Waals surface area contributed by atoms with Gasteiger partial charge in [-0.3, -0.25) is 4.79 Å². The van der Waals surface area contributed by atoms with Crippen LogP contribution in [-0.4, -0.2) is 23.8 Å². The molecule has 0 aromatic heterocycles. The van der Waals surface area contributed by atoms with Crippen molar-refractivity contribution in [3.05, 3.63) is 88.5 Å². The molecule has 0 saturated carbocycles. The third-order valence-corrected chi connectivity index (χ3v) is 5.10. The molecule has 0 heterocycles. The van der Waals surface area contributed by atoms with Crippen LogP contribution in [0.2, 0.25) is 0 Å². The molecule has 6 nitrogen and oxygen atoms in total. The molecule has 3 aromatic rings. The average molecular weight is 447 g/mol. The molecule has 0 spiro atoms. The molecule has 3 aromatic carbocycles. The van der Waals surface area contributed by atoms with E-state index in [9.17, 15) is 9.90 Å². The van der Waals surface area contributed by atoms with Crippen molar-refractivity contribution in [2.45, 2.75) is 40.2 Å². The third kappa shape index (κ3) is 6.35. The number of benzene rings is 3. The molecule has 6 heteroatoms. The maximum atomic E-state index is 12.4. The van der Waals surface area contributed by atoms with E-state index in [0.29, 0.717) is 36.0 Å². The van der Waals surface area contributed by atoms with E-state index < -0.39 is 0 Å². The Hall–Kier alpha value is -3.80. The van der Waals surface area contributed by atoms with Crippen LogP contribution in [0.15, 0.2) is 65.8 Å². The van der Waals surface area contributed by atoms with E-state index in [4.69, 9.17) is 9.47 Å². The van der Waals surface area contributed by atoms with Gasteiger partial charge in [0.2, 0.25) is 0 Å². The minimum absolute atomic E-state index is 0.0177. The van der Waals surface area contributed by atoms with Crippen molar-refractivity contribution in [2.24, 2.45) is 5.10 Å². The highest BCUT2D eigenvalue weighted by Crippen LogP contribution is 2.29. The van der Waals surface area contributed by atoms with Crippen LogP contribution in [-0.2, 0) is 6.61 Å². The topological polar surface area (TPSA) is 80.2 Å². The number of hydrogen-bond donors (Lipinski definition) is 2. The van der Waals surface area contributed by atoms with Crippen molar-refractivity contribution in [1.29, 1.82) is 0 Å². The van der Waals surface area contributed by atoms with Crippen LogP contribution in [0.25, 0.3) is 0 Å². The van der Waals surface area contributed by atoms with Gasteiger partial charge in [-0.25, -0.2) is 5.43 Å². The zero-order valence-corrected chi connectivity index (χ0v) is 19.5. The first-order valence-corrected chi connectivity index (χ1v) is 11.0. The van der Waals surface area contributed by atoms with Crippen molar-refractivity contribution < 1.29 is 19.4 Å². The standard InChI is InChI=1S/C27H30N2O4/c1-5-32-24-8-6-7-22(26(24)30)16-28-29-27(31)21-12-10-20(11-13-21)17-33-25-15-19(4)9-14-23(25)18(2)3/h6-16,18,30H,5,17H2,1-4H3,(H,29,31). The Labute approximate surface area is 194 Å². The summed E-state index contributed by atoms with van der Waals surface area (Å²) in [6.07, 6.45) is 1.38. The maximum absolute atomic E-state index is 12.4. The Morgan fingerprint density at radius 1 is 1.06 bits per heavy atom. The summed E-state index contributed by atoms with van der Waals surface area (Å²) in [6, 6.07) is 18.5. The molecule has 0 aliphatic carbocycles. The summed E-state index contributed by atoms with van der Waals surface area (Å²) in [5, 5.41) is 14.1. The lowest BCUT2D eigenvalue weighted by atomic mass is 10.0. The van der Waals surface area contributed by atoms with Gasteiger partial charge in [0.1, 0.15) is 12.4 Å². The second-order valence-electron chi connectivity index (χ2n) is 8.01. The van der Waals surface area contributed by atoms with Gasteiger partial charge in [0.15, 0.2) is 11.5 Å². The van der Waals surface area contributed by atoms with Gasteiger partial charge in [-0.05, 0) is 66.8 Å². The van der Waals surface area contributed by atoms with Crippen LogP contribution in [0.5, 0.6) is 17.2 Å². The Morgan fingerprint density at radius 2 is 1.82 bits per heavy atom. The van der Waals surface area contributed by atoms with E-state index in [1.54, 1.807) is 30.3 Å². The highest BCUT2D eigenvalue weighted by Gasteiger charge is 2.10. The first-order chi connectivity index (χ1) is 15.9. The third-order valence-electron chi connectivity index (χ3n) is 5.10. The van der Waals surface area contributed by atoms with E-state index in [-0.39, 0.29) is 11.7 Å². The molecule has 0 radical (unpaired) electrons. The van der Waals surface area contributed by atoms with Crippen molar-refractivity contribution in [3.8, 4) is 17.2 Å². The number of hydrogen-bond acceptors (Lipinski definition) is 5. The fourth-order valence-corrected chi connectivity index (χ4v) is 3.30. The number of aromatic hydroxyl groups is 1. The van der Waals surface area contributed by atoms with Crippen molar-refractivity contribution in [2.75, 3.05) is 6.61 Å². The van der Waals surface area contributed by atoms with Crippen LogP contribution >= 0.6 is 0 Å². The molecule has 0 saturated heterocycles. The molecule has 0 bridgehead atoms. The van der Waals surface area contributed by atoms with Crippen molar-refractivity contribution >= 4 is 12.1 Å². The summed E-state index contributed by atoms with van der Waals surface area (Å²) in [7, 11) is 0. The first-order valence-electron chi connectivity index (χ1n) is 11.0. The summed E-state index contributed by atoms with van der Waals surface area (Å²) in [5.41, 5.74) is 6.69. The Kier molecular flexibility index (Phi) is 8.08. The number of amides is 1. The van der Waals surface area contributed by atoms with Crippen LogP contribution < -0.4 is 14.9 Å². The quantitative estimate of drug-likeness (QED) is 0.333. The van der Waals surface area contributed by atoms with Gasteiger partial charge in [0.05, 0.1) is 12.8 Å². The Morgan fingerprint density at radius 3 is 2.52 bits per heavy atom. The summed E-state index contributed by atoms with van der Waals surface area (Å²) in [6.45, 7) is 9.02. The van der Waals surface area contributed by atoms with Crippen molar-refractivity contribution in [3.63, 3.8) is 0 Å². The molecule has 1 amide bonds. The highest BCUT2D eigenvalue weighted by atomic mass is 16.5. The molecule has 0 unspecified atom stereocenters. The molecule has 3 rings (SSSR count). The SMILES string of the molecule is CCOc1cccc(C=NNC(=O)c2ccc(COc3cc(C)ccc3C(C)C)cc2)c1O. The number of para-hydroxylation sites is 1. The molecule has 33 heavy (non-hydrogen) atoms. The number of phenols is 1. The number of ether oxygens (including phenoxy) is 2. The van der Waals surface area contributed by atoms with Gasteiger partial charge < -0.3 is 14.6 Å². The minimum atomic E-state index is -0.347. The molecule has 0 fully saturated rings. The zero-order valence-electron chi connectivity index (χ0n) is 19.5. The Balaban J connectivity index is 1.59. The van der Waals surface area contributed by atoms with E-state index in [1.165, 1.54) is 11.8 Å². The second-order valence-corrected chi connectivity index (χ2v) is 8.01. The zero-order chi connectivity index (χ0) is 23.8. The molecular weight excluding hydrogens is 416 g/mol. The summed E-state index contributed by atoms with van der Waals surface area (Å²) in [5.74, 6) is 1.27. The predicted molar refractivity (Wildman–Crippen MR) is 130 cm³/mol. The largest absolute Gasteiger partial charge is 0.504 e. The predicted octanol–water partition coefficient (Wildman–Crippen LogP) is 5.57. The second kappa shape index (κ2) is 11.2. The smallest absolute Gasteiger partial charge is 0.271 e. The average Bonchev–Trinajstić information content (AvgIpc) is 2.80. The molecule has 0 aliphatic heterocycles. The number of hydrazone groups is 1. The van der Waals surface area contributed by atoms with Gasteiger partial charge in [-0.2, -0.15) is 5.10 Å². The van der Waals surface area contributed by atoms with Crippen molar-refractivity contribution in [1.82, 2.24) is 5.43 Å². The van der Waals surface area contributed by atoms with E-state index in [1.807, 2.05) is 26.0 Å². The lowest BCUT2D eigenvalue weighted by Gasteiger charge is -2.15. The van der Waals surface area contributed by atoms with E-state index in [0.717, 1.165) is 16.9 Å². The van der Waals surface area contributed by atoms with Gasteiger partial charge >= 0.3 is 0 Å². The summed E-state index contributed by atoms with van der Waals surface area (Å²) >= 11 is 0. The van der Waals surface area contributed by atoms with Gasteiger partial charge in [-0.15, -0.1) is 0 Å². The maximum Gasteiger partial charge on any atom is 0.271 e. The van der Waals surface area contributed by atoms with Crippen LogP contribution in [0, 0.1) is 6.92 Å². The normalized spacial score (nSPS) is 11.1. The number of carbonyl (C=O) groups is 1. The van der Waals surface area contributed by atoms with Crippen LogP contribution in [0.4, 0.5) is 0 Å². The number of nitrogens with one attached hydrogen (secondary N) is 1. The lowest BCUT2D eigenvalue weighted by molar-refractivity contribution is 0.0955. The summed E-state index contributed by atoms with van der Waals surface area (Å²) < 4.78 is 11.4. The molecule has 0 atom stereocenters. The minimum Gasteiger partial charge on any atom is -0.504 e. The Bertz CT molecular complexity index is 1120. The molecule has 0 aliphatic rings. The number of phenolic OH excluding ortho intramolecular Hbond substituents is 1. The van der Waals surface area contributed by atoms with Gasteiger partial charge in [0, 0.05) is 11.1 Å². The first kappa shape index (κ1) is 23.9. The van der Waals surface area contributed by atoms with E-state index in [2.05, 4.69) is 42.6 Å². The molecular formula is C27H30N2O4. The van der Waals surface area contributed by atoms with Gasteiger partial charge in [-0.1, -0.05) is 44.2 Å². The fourth-order valence-electron chi connectivity index (χ4n) is 3.30. The van der Waals surface area contributed by atoms with Gasteiger partial charge in [0.25, 0.3) is 5.91 Å². The lowest BCUT2D eigenvalue weighted by Crippen LogP contribution is -2.17. The highest BCUT2D eigenvalue weighted by molar-refractivity contribution is 5.95. The number of rotatable bonds is 9. The molecule has 172 valence electrons. The van der Waals surface area contributed by atoms with Crippen LogP contribution in [0.3, 0.4) is 0 Å². The fraction of sp³-hybridized carbons (Fsp3) is 0.259. The number of nitrogens with zero attached hydrogens (tertiary/aromatic N) is 1.